The Balaban J connectivity index is 0.00000500. The van der Waals surface area contributed by atoms with Gasteiger partial charge in [0, 0.05) is 22.8 Å². The average molecular weight is 682 g/mol. The van der Waals surface area contributed by atoms with Crippen LogP contribution < -0.4 is 39.6 Å². The minimum atomic E-state index is -5.08. The van der Waals surface area contributed by atoms with Crippen LogP contribution in [0.15, 0.2) is 121 Å². The third-order valence-corrected chi connectivity index (χ3v) is 9.59. The van der Waals surface area contributed by atoms with Crippen LogP contribution in [0, 0.1) is 6.92 Å². The molecule has 0 heterocycles. The molecular weight excluding hydrogens is 654 g/mol. The van der Waals surface area contributed by atoms with Gasteiger partial charge in [-0.3, -0.25) is 0 Å². The van der Waals surface area contributed by atoms with Gasteiger partial charge in [0.1, 0.15) is 27.2 Å². The molecule has 0 aliphatic rings. The van der Waals surface area contributed by atoms with E-state index >= 15 is 0 Å². The molecule has 0 amide bonds. The number of nitrogens with zero attached hydrogens (tertiary/aromatic N) is 4. The monoisotopic (exact) mass is 681 g/mol. The summed E-state index contributed by atoms with van der Waals surface area (Å²) in [6.07, 6.45) is 0. The van der Waals surface area contributed by atoms with E-state index in [0.29, 0.717) is 28.0 Å². The molecule has 0 fully saturated rings. The van der Waals surface area contributed by atoms with Gasteiger partial charge in [-0.05, 0) is 84.6 Å². The molecule has 0 saturated carbocycles. The van der Waals surface area contributed by atoms with E-state index in [1.165, 1.54) is 25.3 Å². The van der Waals surface area contributed by atoms with Crippen molar-refractivity contribution in [2.24, 2.45) is 20.5 Å². The number of ether oxygens (including phenoxy) is 1. The Morgan fingerprint density at radius 2 is 1.49 bits per heavy atom. The number of methoxy groups -OCH3 is 1. The number of aromatic hydroxyl groups is 1. The van der Waals surface area contributed by atoms with Crippen LogP contribution in [0.5, 0.6) is 11.5 Å². The van der Waals surface area contributed by atoms with E-state index in [9.17, 15) is 26.5 Å². The summed E-state index contributed by atoms with van der Waals surface area (Å²) in [4.78, 5) is -0.548. The smallest absolute Gasteiger partial charge is 0.744 e. The molecule has 5 aromatic rings. The first-order valence-corrected chi connectivity index (χ1v) is 16.9. The number of hydrogen-bond donors (Lipinski definition) is 2. The number of phenols is 1. The zero-order valence-corrected chi connectivity index (χ0v) is 29.5. The van der Waals surface area contributed by atoms with Gasteiger partial charge in [0.05, 0.1) is 34.0 Å². The van der Waals surface area contributed by atoms with Crippen LogP contribution in [0.2, 0.25) is 0 Å². The number of rotatable bonds is 10. The molecule has 5 aromatic carbocycles. The van der Waals surface area contributed by atoms with Crippen LogP contribution in [0.4, 0.5) is 34.1 Å². The first-order chi connectivity index (χ1) is 21.9. The van der Waals surface area contributed by atoms with Gasteiger partial charge >= 0.3 is 29.6 Å². The van der Waals surface area contributed by atoms with Crippen molar-refractivity contribution in [2.75, 3.05) is 18.2 Å². The molecule has 2 N–H and O–H groups in total. The molecule has 0 aliphatic carbocycles. The van der Waals surface area contributed by atoms with Crippen LogP contribution >= 0.6 is 0 Å². The molecule has 12 nitrogen and oxygen atoms in total. The first-order valence-electron chi connectivity index (χ1n) is 13.8. The second-order valence-corrected chi connectivity index (χ2v) is 13.7. The SMILES string of the molecule is CCS(=O)(=O)c1ccc(N=Nc2cc(OC)c(N=Nc3c(S(=O)(=O)[O-])cc4cc(Nc5ccccc5)ccc4c3O)cc2C)cc1.[Na+]. The molecule has 47 heavy (non-hydrogen) atoms. The molecule has 0 aromatic heterocycles. The van der Waals surface area contributed by atoms with Crippen molar-refractivity contribution in [1.29, 1.82) is 0 Å². The number of anilines is 2. The predicted octanol–water partition coefficient (Wildman–Crippen LogP) is 5.14. The van der Waals surface area contributed by atoms with Gasteiger partial charge in [-0.15, -0.1) is 10.2 Å². The quantitative estimate of drug-likeness (QED) is 0.115. The summed E-state index contributed by atoms with van der Waals surface area (Å²) in [6, 6.07) is 24.4. The number of para-hydroxylation sites is 1. The van der Waals surface area contributed by atoms with Crippen LogP contribution in [0.3, 0.4) is 0 Å². The van der Waals surface area contributed by atoms with Gasteiger partial charge in [0.2, 0.25) is 0 Å². The number of sulfone groups is 1. The average Bonchev–Trinajstić information content (AvgIpc) is 3.04. The molecule has 0 atom stereocenters. The summed E-state index contributed by atoms with van der Waals surface area (Å²) in [5.41, 5.74) is 2.51. The summed E-state index contributed by atoms with van der Waals surface area (Å²) in [6.45, 7) is 3.30. The van der Waals surface area contributed by atoms with Gasteiger partial charge in [-0.2, -0.15) is 10.2 Å². The van der Waals surface area contributed by atoms with E-state index in [1.807, 2.05) is 30.3 Å². The molecule has 0 aliphatic heterocycles. The Kier molecular flexibility index (Phi) is 11.2. The topological polar surface area (TPSA) is 182 Å². The fourth-order valence-electron chi connectivity index (χ4n) is 4.52. The van der Waals surface area contributed by atoms with Crippen LogP contribution in [0.1, 0.15) is 12.5 Å². The van der Waals surface area contributed by atoms with E-state index in [0.717, 1.165) is 11.8 Å². The Morgan fingerprint density at radius 1 is 0.809 bits per heavy atom. The number of aryl methyl sites for hydroxylation is 1. The molecule has 0 spiro atoms. The van der Waals surface area contributed by atoms with E-state index < -0.39 is 36.3 Å². The molecule has 15 heteroatoms. The minimum Gasteiger partial charge on any atom is -0.744 e. The Labute approximate surface area is 294 Å². The van der Waals surface area contributed by atoms with E-state index in [4.69, 9.17) is 4.74 Å². The zero-order valence-electron chi connectivity index (χ0n) is 25.9. The number of fused-ring (bicyclic) bond motifs is 1. The van der Waals surface area contributed by atoms with Crippen molar-refractivity contribution in [2.45, 2.75) is 23.6 Å². The molecule has 0 saturated heterocycles. The first kappa shape index (κ1) is 35.7. The normalized spacial score (nSPS) is 12.0. The fraction of sp³-hybridized carbons (Fsp3) is 0.125. The maximum absolute atomic E-state index is 12.3. The van der Waals surface area contributed by atoms with Gasteiger partial charge in [-0.1, -0.05) is 25.1 Å². The number of benzene rings is 5. The van der Waals surface area contributed by atoms with Gasteiger partial charge in [0.15, 0.2) is 15.6 Å². The predicted molar refractivity (Wildman–Crippen MR) is 174 cm³/mol. The van der Waals surface area contributed by atoms with Crippen LogP contribution in [-0.2, 0) is 20.0 Å². The van der Waals surface area contributed by atoms with Crippen molar-refractivity contribution < 1.29 is 60.8 Å². The summed E-state index contributed by atoms with van der Waals surface area (Å²) < 4.78 is 66.3. The molecule has 0 bridgehead atoms. The third-order valence-electron chi connectivity index (χ3n) is 6.99. The third kappa shape index (κ3) is 8.22. The van der Waals surface area contributed by atoms with Crippen molar-refractivity contribution in [1.82, 2.24) is 0 Å². The van der Waals surface area contributed by atoms with Crippen molar-refractivity contribution >= 4 is 64.9 Å². The number of nitrogens with one attached hydrogen (secondary N) is 1. The minimum absolute atomic E-state index is 0. The summed E-state index contributed by atoms with van der Waals surface area (Å²) in [5.74, 6) is -0.337. The van der Waals surface area contributed by atoms with Crippen molar-refractivity contribution in [3.05, 3.63) is 96.6 Å². The number of hydrogen-bond acceptors (Lipinski definition) is 12. The number of phenolic OH excluding ortho intramolecular Hbond substituents is 1. The van der Waals surface area contributed by atoms with Crippen LogP contribution in [0.25, 0.3) is 10.8 Å². The maximum atomic E-state index is 12.3. The molecule has 236 valence electrons. The van der Waals surface area contributed by atoms with Crippen molar-refractivity contribution in [3.8, 4) is 11.5 Å². The molecule has 0 radical (unpaired) electrons. The van der Waals surface area contributed by atoms with E-state index in [-0.39, 0.29) is 57.0 Å². The molecule has 0 unspecified atom stereocenters. The fourth-order valence-corrected chi connectivity index (χ4v) is 6.05. The van der Waals surface area contributed by atoms with Gasteiger partial charge in [0.25, 0.3) is 0 Å². The summed E-state index contributed by atoms with van der Waals surface area (Å²) >= 11 is 0. The largest absolute Gasteiger partial charge is 1.00 e. The molecular formula is C32H28N5NaO7S2. The standard InChI is InChI=1S/C32H29N5O7S2.Na/c1-4-45(39,40)25-13-10-23(11-14-25)34-35-27-19-29(44-3)28(16-20(27)2)36-37-31-30(46(41,42)43)18-21-17-24(12-15-26(21)32(31)38)33-22-8-6-5-7-9-22;/h5-19,33,38H,4H2,1-3H3,(H,41,42,43);/q;+1/p-1. The zero-order chi connectivity index (χ0) is 33.1. The Hall–Kier alpha value is -4.18. The molecule has 5 rings (SSSR count). The Bertz CT molecular complexity index is 2210. The van der Waals surface area contributed by atoms with Gasteiger partial charge < -0.3 is 19.7 Å². The second-order valence-electron chi connectivity index (χ2n) is 10.1. The number of azo groups is 2. The second kappa shape index (κ2) is 14.7. The maximum Gasteiger partial charge on any atom is 1.00 e. The van der Waals surface area contributed by atoms with E-state index in [1.54, 1.807) is 50.2 Å². The Morgan fingerprint density at radius 3 is 2.13 bits per heavy atom. The van der Waals surface area contributed by atoms with Gasteiger partial charge in [-0.25, -0.2) is 16.8 Å². The van der Waals surface area contributed by atoms with E-state index in [2.05, 4.69) is 25.8 Å². The van der Waals surface area contributed by atoms with Crippen molar-refractivity contribution in [3.63, 3.8) is 0 Å². The van der Waals surface area contributed by atoms with Crippen LogP contribution in [-0.4, -0.2) is 39.4 Å². The summed E-state index contributed by atoms with van der Waals surface area (Å²) in [5, 5.41) is 31.3. The summed E-state index contributed by atoms with van der Waals surface area (Å²) in [7, 11) is -7.03.